The average molecular weight is 362 g/mol. The van der Waals surface area contributed by atoms with Crippen molar-refractivity contribution in [1.82, 2.24) is 5.32 Å². The van der Waals surface area contributed by atoms with Crippen molar-refractivity contribution in [2.75, 3.05) is 0 Å². The van der Waals surface area contributed by atoms with Gasteiger partial charge in [0.15, 0.2) is 0 Å². The van der Waals surface area contributed by atoms with E-state index in [-0.39, 0.29) is 22.6 Å². The highest BCUT2D eigenvalue weighted by Gasteiger charge is 2.31. The van der Waals surface area contributed by atoms with Crippen LogP contribution in [0.1, 0.15) is 96.4 Å². The zero-order chi connectivity index (χ0) is 19.7. The Hall–Kier alpha value is -1.55. The number of carbonyl (C=O) groups is 1. The van der Waals surface area contributed by atoms with Gasteiger partial charge in [-0.25, -0.2) is 0 Å². The fraction of sp³-hybridized carbons (Fsp3) is 0.682. The summed E-state index contributed by atoms with van der Waals surface area (Å²) in [5.41, 5.74) is 1.80. The highest BCUT2D eigenvalue weighted by Crippen LogP contribution is 2.41. The van der Waals surface area contributed by atoms with Crippen molar-refractivity contribution in [2.45, 2.75) is 96.6 Å². The average Bonchev–Trinajstić information content (AvgIpc) is 2.51. The first-order chi connectivity index (χ1) is 11.9. The predicted octanol–water partition coefficient (Wildman–Crippen LogP) is 5.04. The van der Waals surface area contributed by atoms with Crippen molar-refractivity contribution in [3.63, 3.8) is 0 Å². The number of rotatable bonds is 4. The molecule has 0 aliphatic heterocycles. The largest absolute Gasteiger partial charge is 0.507 e. The van der Waals surface area contributed by atoms with E-state index >= 15 is 0 Å². The van der Waals surface area contributed by atoms with E-state index in [1.54, 1.807) is 0 Å². The number of aliphatic carboxylic acids is 1. The Morgan fingerprint density at radius 2 is 1.46 bits per heavy atom. The Labute approximate surface area is 158 Å². The Kier molecular flexibility index (Phi) is 6.06. The molecule has 1 aromatic carbocycles. The number of carboxylic acid groups (broad SMARTS) is 1. The first-order valence-corrected chi connectivity index (χ1v) is 9.78. The van der Waals surface area contributed by atoms with Crippen LogP contribution < -0.4 is 5.32 Å². The topological polar surface area (TPSA) is 69.6 Å². The van der Waals surface area contributed by atoms with Gasteiger partial charge in [0.1, 0.15) is 11.8 Å². The molecule has 0 heterocycles. The van der Waals surface area contributed by atoms with E-state index in [9.17, 15) is 15.0 Å². The maximum absolute atomic E-state index is 12.1. The third-order valence-corrected chi connectivity index (χ3v) is 5.34. The molecule has 4 heteroatoms. The Morgan fingerprint density at radius 1 is 1.00 bits per heavy atom. The van der Waals surface area contributed by atoms with E-state index in [2.05, 4.69) is 5.32 Å². The lowest BCUT2D eigenvalue weighted by Crippen LogP contribution is -2.38. The molecule has 1 saturated carbocycles. The second kappa shape index (κ2) is 7.59. The molecule has 3 N–H and O–H groups in total. The maximum Gasteiger partial charge on any atom is 0.325 e. The van der Waals surface area contributed by atoms with Gasteiger partial charge in [-0.2, -0.15) is 0 Å². The molecule has 1 unspecified atom stereocenters. The molecule has 1 aliphatic rings. The van der Waals surface area contributed by atoms with Crippen molar-refractivity contribution in [3.05, 3.63) is 28.8 Å². The first kappa shape index (κ1) is 20.8. The van der Waals surface area contributed by atoms with Gasteiger partial charge in [-0.05, 0) is 52.5 Å². The minimum atomic E-state index is -0.860. The van der Waals surface area contributed by atoms with Crippen LogP contribution in [0.25, 0.3) is 0 Å². The van der Waals surface area contributed by atoms with Crippen LogP contribution in [0.2, 0.25) is 0 Å². The lowest BCUT2D eigenvalue weighted by Gasteiger charge is -2.31. The Morgan fingerprint density at radius 3 is 1.85 bits per heavy atom. The SMILES string of the molecule is CC(C)(C)c1cc(C(NC2CCCCC2)C(=O)O)cc(C(C)(C)C)c1O. The van der Waals surface area contributed by atoms with Crippen molar-refractivity contribution in [2.24, 2.45) is 0 Å². The van der Waals surface area contributed by atoms with Gasteiger partial charge in [-0.15, -0.1) is 0 Å². The monoisotopic (exact) mass is 361 g/mol. The minimum absolute atomic E-state index is 0.245. The third-order valence-electron chi connectivity index (χ3n) is 5.34. The summed E-state index contributed by atoms with van der Waals surface area (Å²) in [4.78, 5) is 12.1. The van der Waals surface area contributed by atoms with Gasteiger partial charge in [0, 0.05) is 6.04 Å². The van der Waals surface area contributed by atoms with Crippen LogP contribution >= 0.6 is 0 Å². The highest BCUT2D eigenvalue weighted by molar-refractivity contribution is 5.76. The Bertz CT molecular complexity index is 611. The molecule has 1 aromatic rings. The van der Waals surface area contributed by atoms with Crippen LogP contribution in [-0.2, 0) is 15.6 Å². The first-order valence-electron chi connectivity index (χ1n) is 9.78. The summed E-state index contributed by atoms with van der Waals surface area (Å²) in [6.07, 6.45) is 5.60. The summed E-state index contributed by atoms with van der Waals surface area (Å²) >= 11 is 0. The summed E-state index contributed by atoms with van der Waals surface area (Å²) < 4.78 is 0. The van der Waals surface area contributed by atoms with E-state index in [1.165, 1.54) is 6.42 Å². The number of hydrogen-bond donors (Lipinski definition) is 3. The molecule has 0 radical (unpaired) electrons. The van der Waals surface area contributed by atoms with E-state index in [0.717, 1.165) is 42.4 Å². The summed E-state index contributed by atoms with van der Waals surface area (Å²) in [5, 5.41) is 24.1. The molecule has 0 aromatic heterocycles. The van der Waals surface area contributed by atoms with Gasteiger partial charge in [-0.3, -0.25) is 10.1 Å². The van der Waals surface area contributed by atoms with Gasteiger partial charge in [-0.1, -0.05) is 60.8 Å². The zero-order valence-corrected chi connectivity index (χ0v) is 17.1. The van der Waals surface area contributed by atoms with Crippen molar-refractivity contribution >= 4 is 5.97 Å². The van der Waals surface area contributed by atoms with Crippen LogP contribution in [0.5, 0.6) is 5.75 Å². The second-order valence-corrected chi connectivity index (χ2v) is 9.74. The molecule has 146 valence electrons. The van der Waals surface area contributed by atoms with Gasteiger partial charge in [0.25, 0.3) is 0 Å². The number of benzene rings is 1. The standard InChI is InChI=1S/C22H35NO3/c1-21(2,3)16-12-14(13-17(19(16)24)22(4,5)6)18(20(25)26)23-15-10-8-7-9-11-15/h12-13,15,18,23-24H,7-11H2,1-6H3,(H,25,26). The van der Waals surface area contributed by atoms with Crippen LogP contribution in [0, 0.1) is 0 Å². The van der Waals surface area contributed by atoms with Crippen LogP contribution in [0.15, 0.2) is 12.1 Å². The fourth-order valence-electron chi connectivity index (χ4n) is 3.78. The zero-order valence-electron chi connectivity index (χ0n) is 17.1. The molecule has 26 heavy (non-hydrogen) atoms. The molecular formula is C22H35NO3. The van der Waals surface area contributed by atoms with E-state index in [4.69, 9.17) is 0 Å². The molecule has 0 spiro atoms. The number of nitrogens with one attached hydrogen (secondary N) is 1. The molecule has 0 amide bonds. The summed E-state index contributed by atoms with van der Waals surface area (Å²) in [7, 11) is 0. The number of aromatic hydroxyl groups is 1. The number of phenolic OH excluding ortho intramolecular Hbond substituents is 1. The normalized spacial score (nSPS) is 17.9. The molecule has 2 rings (SSSR count). The summed E-state index contributed by atoms with van der Waals surface area (Å²) in [5.74, 6) is -0.573. The molecule has 1 atom stereocenters. The summed E-state index contributed by atoms with van der Waals surface area (Å²) in [6, 6.07) is 3.24. The predicted molar refractivity (Wildman–Crippen MR) is 106 cm³/mol. The highest BCUT2D eigenvalue weighted by atomic mass is 16.4. The van der Waals surface area contributed by atoms with Crippen LogP contribution in [-0.4, -0.2) is 22.2 Å². The number of phenols is 1. The molecule has 0 saturated heterocycles. The van der Waals surface area contributed by atoms with Crippen LogP contribution in [0.4, 0.5) is 0 Å². The smallest absolute Gasteiger partial charge is 0.325 e. The second-order valence-electron chi connectivity index (χ2n) is 9.74. The van der Waals surface area contributed by atoms with E-state index in [0.29, 0.717) is 0 Å². The third kappa shape index (κ3) is 4.79. The minimum Gasteiger partial charge on any atom is -0.507 e. The van der Waals surface area contributed by atoms with Crippen LogP contribution in [0.3, 0.4) is 0 Å². The summed E-state index contributed by atoms with van der Waals surface area (Å²) in [6.45, 7) is 12.3. The quantitative estimate of drug-likeness (QED) is 0.703. The van der Waals surface area contributed by atoms with Gasteiger partial charge < -0.3 is 10.2 Å². The Balaban J connectivity index is 2.51. The van der Waals surface area contributed by atoms with Crippen molar-refractivity contribution < 1.29 is 15.0 Å². The maximum atomic E-state index is 12.1. The molecule has 0 bridgehead atoms. The number of carboxylic acids is 1. The molecule has 4 nitrogen and oxygen atoms in total. The molecule has 1 aliphatic carbocycles. The van der Waals surface area contributed by atoms with E-state index < -0.39 is 12.0 Å². The lowest BCUT2D eigenvalue weighted by atomic mass is 9.77. The van der Waals surface area contributed by atoms with Crippen molar-refractivity contribution in [1.29, 1.82) is 0 Å². The van der Waals surface area contributed by atoms with Gasteiger partial charge in [0.2, 0.25) is 0 Å². The lowest BCUT2D eigenvalue weighted by molar-refractivity contribution is -0.140. The molecular weight excluding hydrogens is 326 g/mol. The molecule has 1 fully saturated rings. The van der Waals surface area contributed by atoms with Gasteiger partial charge in [0.05, 0.1) is 0 Å². The van der Waals surface area contributed by atoms with Gasteiger partial charge >= 0.3 is 5.97 Å². The van der Waals surface area contributed by atoms with E-state index in [1.807, 2.05) is 53.7 Å². The number of hydrogen-bond acceptors (Lipinski definition) is 3. The fourth-order valence-corrected chi connectivity index (χ4v) is 3.78. The van der Waals surface area contributed by atoms with Crippen molar-refractivity contribution in [3.8, 4) is 5.75 Å².